The van der Waals surface area contributed by atoms with Crippen LogP contribution in [0.3, 0.4) is 0 Å². The van der Waals surface area contributed by atoms with Crippen molar-refractivity contribution in [3.8, 4) is 0 Å². The monoisotopic (exact) mass is 387 g/mol. The average Bonchev–Trinajstić information content (AvgIpc) is 2.94. The molecule has 1 aromatic heterocycles. The Morgan fingerprint density at radius 3 is 3.00 bits per heavy atom. The summed E-state index contributed by atoms with van der Waals surface area (Å²) < 4.78 is 22.4. The number of nitrogens with zero attached hydrogens (tertiary/aromatic N) is 3. The smallest absolute Gasteiger partial charge is 0.147 e. The Morgan fingerprint density at radius 1 is 1.45 bits per heavy atom. The molecule has 1 aliphatic rings. The van der Waals surface area contributed by atoms with Gasteiger partial charge in [0.1, 0.15) is 11.9 Å². The molecule has 7 heteroatoms. The van der Waals surface area contributed by atoms with Gasteiger partial charge in [0, 0.05) is 42.9 Å². The van der Waals surface area contributed by atoms with Crippen molar-refractivity contribution in [3.63, 3.8) is 0 Å². The maximum Gasteiger partial charge on any atom is 0.147 e. The van der Waals surface area contributed by atoms with E-state index in [0.29, 0.717) is 29.7 Å². The lowest BCUT2D eigenvalue weighted by Crippen LogP contribution is -2.38. The summed E-state index contributed by atoms with van der Waals surface area (Å²) in [6.45, 7) is 2.59. The molecule has 0 aliphatic carbocycles. The van der Waals surface area contributed by atoms with Gasteiger partial charge in [0.15, 0.2) is 0 Å². The molecule has 2 aromatic rings. The Hall–Kier alpha value is -0.950. The minimum absolute atomic E-state index is 0.0461. The van der Waals surface area contributed by atoms with E-state index in [9.17, 15) is 4.39 Å². The number of hydrogen-bond donors (Lipinski definition) is 0. The lowest BCUT2D eigenvalue weighted by molar-refractivity contribution is -0.0369. The van der Waals surface area contributed by atoms with Gasteiger partial charge in [-0.25, -0.2) is 4.39 Å². The van der Waals surface area contributed by atoms with Crippen molar-refractivity contribution in [2.75, 3.05) is 19.7 Å². The summed E-state index contributed by atoms with van der Waals surface area (Å²) in [5.74, 6) is -0.361. The predicted octanol–water partition coefficient (Wildman–Crippen LogP) is 3.55. The fraction of sp³-hybridized carbons (Fsp3) is 0.400. The van der Waals surface area contributed by atoms with Gasteiger partial charge in [-0.1, -0.05) is 17.7 Å². The van der Waals surface area contributed by atoms with Crippen molar-refractivity contribution in [3.05, 3.63) is 51.0 Å². The molecule has 0 spiro atoms. The molecule has 2 heterocycles. The van der Waals surface area contributed by atoms with E-state index in [0.717, 1.165) is 12.2 Å². The first kappa shape index (κ1) is 15.9. The van der Waals surface area contributed by atoms with Crippen LogP contribution in [0.25, 0.3) is 0 Å². The van der Waals surface area contributed by atoms with Crippen LogP contribution in [0.4, 0.5) is 4.39 Å². The Morgan fingerprint density at radius 2 is 2.27 bits per heavy atom. The van der Waals surface area contributed by atoms with Crippen molar-refractivity contribution in [1.29, 1.82) is 0 Å². The van der Waals surface area contributed by atoms with Gasteiger partial charge in [0.25, 0.3) is 0 Å². The Kier molecular flexibility index (Phi) is 4.82. The summed E-state index contributed by atoms with van der Waals surface area (Å²) in [7, 11) is 1.89. The minimum atomic E-state index is -0.361. The van der Waals surface area contributed by atoms with E-state index in [-0.39, 0.29) is 16.9 Å². The second-order valence-corrected chi connectivity index (χ2v) is 6.54. The van der Waals surface area contributed by atoms with E-state index in [1.807, 2.05) is 17.8 Å². The number of ether oxygens (including phenoxy) is 1. The molecule has 0 radical (unpaired) electrons. The molecule has 4 nitrogen and oxygen atoms in total. The van der Waals surface area contributed by atoms with E-state index in [4.69, 9.17) is 16.3 Å². The standard InChI is InChI=1S/C15H16BrClFN3O/c1-20-12(4-5-19-20)13-9-21(6-7-22-13)8-10-2-3-11(16)14(17)15(10)18/h2-5,13H,6-9H2,1H3. The van der Waals surface area contributed by atoms with Gasteiger partial charge in [-0.2, -0.15) is 5.10 Å². The van der Waals surface area contributed by atoms with Gasteiger partial charge >= 0.3 is 0 Å². The Balaban J connectivity index is 1.73. The van der Waals surface area contributed by atoms with Crippen LogP contribution in [-0.2, 0) is 18.3 Å². The van der Waals surface area contributed by atoms with Gasteiger partial charge < -0.3 is 4.74 Å². The normalized spacial score (nSPS) is 19.5. The number of hydrogen-bond acceptors (Lipinski definition) is 3. The SMILES string of the molecule is Cn1nccc1C1CN(Cc2ccc(Br)c(Cl)c2F)CCO1. The minimum Gasteiger partial charge on any atom is -0.369 e. The molecule has 0 saturated carbocycles. The van der Waals surface area contributed by atoms with Crippen LogP contribution in [0.5, 0.6) is 0 Å². The number of benzene rings is 1. The maximum absolute atomic E-state index is 14.2. The summed E-state index contributed by atoms with van der Waals surface area (Å²) in [5, 5.41) is 4.31. The molecule has 1 aromatic carbocycles. The topological polar surface area (TPSA) is 30.3 Å². The summed E-state index contributed by atoms with van der Waals surface area (Å²) in [4.78, 5) is 2.17. The third-order valence-electron chi connectivity index (χ3n) is 3.85. The van der Waals surface area contributed by atoms with Gasteiger partial charge in [0.05, 0.1) is 17.3 Å². The molecule has 3 rings (SSSR count). The van der Waals surface area contributed by atoms with Crippen molar-refractivity contribution in [2.45, 2.75) is 12.6 Å². The molecule has 0 amide bonds. The molecular weight excluding hydrogens is 373 g/mol. The highest BCUT2D eigenvalue weighted by Gasteiger charge is 2.25. The van der Waals surface area contributed by atoms with Crippen molar-refractivity contribution >= 4 is 27.5 Å². The molecule has 22 heavy (non-hydrogen) atoms. The number of rotatable bonds is 3. The highest BCUT2D eigenvalue weighted by molar-refractivity contribution is 9.10. The molecule has 1 aliphatic heterocycles. The summed E-state index contributed by atoms with van der Waals surface area (Å²) in [5.41, 5.74) is 1.62. The van der Waals surface area contributed by atoms with Gasteiger partial charge in [0.2, 0.25) is 0 Å². The first-order valence-corrected chi connectivity index (χ1v) is 8.17. The molecule has 0 bridgehead atoms. The number of morpholine rings is 1. The van der Waals surface area contributed by atoms with E-state index in [1.165, 1.54) is 0 Å². The van der Waals surface area contributed by atoms with Crippen LogP contribution < -0.4 is 0 Å². The van der Waals surface area contributed by atoms with Crippen molar-refractivity contribution in [1.82, 2.24) is 14.7 Å². The second kappa shape index (κ2) is 6.66. The van der Waals surface area contributed by atoms with Crippen LogP contribution in [-0.4, -0.2) is 34.4 Å². The summed E-state index contributed by atoms with van der Waals surface area (Å²) in [6, 6.07) is 5.49. The van der Waals surface area contributed by atoms with Crippen LogP contribution >= 0.6 is 27.5 Å². The third-order valence-corrected chi connectivity index (χ3v) is 5.11. The van der Waals surface area contributed by atoms with Crippen LogP contribution in [0.15, 0.2) is 28.9 Å². The largest absolute Gasteiger partial charge is 0.369 e. The molecule has 0 N–H and O–H groups in total. The zero-order valence-corrected chi connectivity index (χ0v) is 14.4. The molecular formula is C15H16BrClFN3O. The Labute approximate surface area is 141 Å². The molecule has 1 unspecified atom stereocenters. The average molecular weight is 389 g/mol. The molecule has 118 valence electrons. The fourth-order valence-electron chi connectivity index (χ4n) is 2.65. The van der Waals surface area contributed by atoms with Crippen LogP contribution in [0, 0.1) is 5.82 Å². The third kappa shape index (κ3) is 3.20. The highest BCUT2D eigenvalue weighted by atomic mass is 79.9. The summed E-state index contributed by atoms with van der Waals surface area (Å²) in [6.07, 6.45) is 1.71. The highest BCUT2D eigenvalue weighted by Crippen LogP contribution is 2.29. The first-order valence-electron chi connectivity index (χ1n) is 7.00. The van der Waals surface area contributed by atoms with E-state index >= 15 is 0 Å². The quantitative estimate of drug-likeness (QED) is 0.753. The second-order valence-electron chi connectivity index (χ2n) is 5.31. The van der Waals surface area contributed by atoms with E-state index < -0.39 is 0 Å². The predicted molar refractivity (Wildman–Crippen MR) is 86.3 cm³/mol. The molecule has 1 atom stereocenters. The molecule has 1 saturated heterocycles. The van der Waals surface area contributed by atoms with Gasteiger partial charge in [-0.15, -0.1) is 0 Å². The van der Waals surface area contributed by atoms with Gasteiger partial charge in [-0.3, -0.25) is 9.58 Å². The van der Waals surface area contributed by atoms with Crippen molar-refractivity contribution < 1.29 is 9.13 Å². The van der Waals surface area contributed by atoms with E-state index in [2.05, 4.69) is 25.9 Å². The lowest BCUT2D eigenvalue weighted by Gasteiger charge is -2.33. The molecule has 1 fully saturated rings. The number of aromatic nitrogens is 2. The summed E-state index contributed by atoms with van der Waals surface area (Å²) >= 11 is 9.19. The fourth-order valence-corrected chi connectivity index (χ4v) is 3.14. The lowest BCUT2D eigenvalue weighted by atomic mass is 10.1. The number of halogens is 3. The van der Waals surface area contributed by atoms with Crippen molar-refractivity contribution in [2.24, 2.45) is 7.05 Å². The number of aryl methyl sites for hydroxylation is 1. The zero-order valence-electron chi connectivity index (χ0n) is 12.1. The van der Waals surface area contributed by atoms with E-state index in [1.54, 1.807) is 18.3 Å². The Bertz CT molecular complexity index is 679. The first-order chi connectivity index (χ1) is 10.6. The maximum atomic E-state index is 14.2. The zero-order chi connectivity index (χ0) is 15.7. The van der Waals surface area contributed by atoms with Crippen LogP contribution in [0.2, 0.25) is 5.02 Å². The van der Waals surface area contributed by atoms with Gasteiger partial charge in [-0.05, 0) is 28.1 Å². The van der Waals surface area contributed by atoms with Crippen LogP contribution in [0.1, 0.15) is 17.4 Å².